The number of aliphatic hydroxyl groups excluding tert-OH is 1. The van der Waals surface area contributed by atoms with Gasteiger partial charge in [0.15, 0.2) is 0 Å². The van der Waals surface area contributed by atoms with Crippen LogP contribution in [0.15, 0.2) is 72.3 Å². The second-order valence-electron chi connectivity index (χ2n) is 8.89. The van der Waals surface area contributed by atoms with Gasteiger partial charge in [-0.15, -0.1) is 0 Å². The van der Waals surface area contributed by atoms with Crippen molar-refractivity contribution in [2.24, 2.45) is 23.5 Å². The minimum Gasteiger partial charge on any atom is -0.392 e. The molecular formula is C27H33NO. The Bertz CT molecular complexity index is 880. The van der Waals surface area contributed by atoms with E-state index < -0.39 is 0 Å². The first-order valence-electron chi connectivity index (χ1n) is 11.0. The summed E-state index contributed by atoms with van der Waals surface area (Å²) in [5, 5.41) is 10.6. The fourth-order valence-electron chi connectivity index (χ4n) is 5.16. The molecule has 2 nitrogen and oxygen atoms in total. The van der Waals surface area contributed by atoms with Gasteiger partial charge in [0, 0.05) is 12.5 Å². The first-order chi connectivity index (χ1) is 14.1. The summed E-state index contributed by atoms with van der Waals surface area (Å²) in [7, 11) is 0. The van der Waals surface area contributed by atoms with Crippen LogP contribution in [0.2, 0.25) is 0 Å². The molecule has 4 atom stereocenters. The van der Waals surface area contributed by atoms with Gasteiger partial charge in [0.05, 0.1) is 6.10 Å². The Morgan fingerprint density at radius 3 is 2.62 bits per heavy atom. The van der Waals surface area contributed by atoms with Crippen LogP contribution in [0.3, 0.4) is 0 Å². The molecular weight excluding hydrogens is 354 g/mol. The van der Waals surface area contributed by atoms with E-state index in [1.165, 1.54) is 27.8 Å². The lowest BCUT2D eigenvalue weighted by Gasteiger charge is -2.18. The standard InChI is InChI=1S/C27H33NO/c1-19-5-4-7-20(13-19)6-2-3-8-25-26-16-23(15-24(26)17-27(25)29)14-21-9-11-22(18-28)12-10-21/h3-5,7-13,15,24-27,29H,2,6,14,16-18,28H2,1H3/t24-,25+,26-,27+/m0/s1. The van der Waals surface area contributed by atoms with Gasteiger partial charge in [-0.2, -0.15) is 0 Å². The third-order valence-corrected chi connectivity index (χ3v) is 6.68. The van der Waals surface area contributed by atoms with Gasteiger partial charge in [-0.3, -0.25) is 0 Å². The summed E-state index contributed by atoms with van der Waals surface area (Å²) in [6.45, 7) is 2.74. The highest BCUT2D eigenvalue weighted by Crippen LogP contribution is 2.47. The summed E-state index contributed by atoms with van der Waals surface area (Å²) in [4.78, 5) is 0. The number of allylic oxidation sites excluding steroid dienone is 3. The van der Waals surface area contributed by atoms with Crippen molar-refractivity contribution in [3.63, 3.8) is 0 Å². The average molecular weight is 388 g/mol. The lowest BCUT2D eigenvalue weighted by atomic mass is 9.88. The van der Waals surface area contributed by atoms with Gasteiger partial charge in [-0.25, -0.2) is 0 Å². The van der Waals surface area contributed by atoms with Crippen molar-refractivity contribution in [3.05, 3.63) is 94.6 Å². The maximum Gasteiger partial charge on any atom is 0.0611 e. The van der Waals surface area contributed by atoms with Crippen molar-refractivity contribution < 1.29 is 5.11 Å². The predicted molar refractivity (Wildman–Crippen MR) is 120 cm³/mol. The minimum atomic E-state index is -0.193. The molecule has 2 aromatic rings. The summed E-state index contributed by atoms with van der Waals surface area (Å²) in [6, 6.07) is 17.4. The fourth-order valence-corrected chi connectivity index (χ4v) is 5.16. The van der Waals surface area contributed by atoms with E-state index in [-0.39, 0.29) is 6.10 Å². The molecule has 0 bridgehead atoms. The molecule has 1 fully saturated rings. The second kappa shape index (κ2) is 9.11. The van der Waals surface area contributed by atoms with Gasteiger partial charge in [0.2, 0.25) is 0 Å². The first kappa shape index (κ1) is 20.1. The molecule has 0 spiro atoms. The number of nitrogens with two attached hydrogens (primary N) is 1. The van der Waals surface area contributed by atoms with E-state index in [0.717, 1.165) is 32.1 Å². The van der Waals surface area contributed by atoms with E-state index in [2.05, 4.69) is 73.7 Å². The summed E-state index contributed by atoms with van der Waals surface area (Å²) in [6.07, 6.45) is 12.0. The van der Waals surface area contributed by atoms with Crippen molar-refractivity contribution in [2.45, 2.75) is 51.7 Å². The van der Waals surface area contributed by atoms with Crippen LogP contribution in [0.5, 0.6) is 0 Å². The van der Waals surface area contributed by atoms with Crippen molar-refractivity contribution >= 4 is 0 Å². The minimum absolute atomic E-state index is 0.193. The smallest absolute Gasteiger partial charge is 0.0611 e. The fraction of sp³-hybridized carbons (Fsp3) is 0.407. The third kappa shape index (κ3) is 4.88. The SMILES string of the molecule is Cc1cccc(CCC=C[C@@H]2[C@H]3CC(Cc4ccc(CN)cc4)=C[C@H]3C[C@H]2O)c1. The van der Waals surface area contributed by atoms with E-state index in [0.29, 0.717) is 24.3 Å². The zero-order valence-electron chi connectivity index (χ0n) is 17.4. The predicted octanol–water partition coefficient (Wildman–Crippen LogP) is 5.13. The van der Waals surface area contributed by atoms with E-state index >= 15 is 0 Å². The zero-order valence-corrected chi connectivity index (χ0v) is 17.4. The normalized spacial score (nSPS) is 26.1. The summed E-state index contributed by atoms with van der Waals surface area (Å²) >= 11 is 0. The Morgan fingerprint density at radius 2 is 1.86 bits per heavy atom. The molecule has 0 saturated heterocycles. The molecule has 0 radical (unpaired) electrons. The molecule has 4 rings (SSSR count). The number of hydrogen-bond acceptors (Lipinski definition) is 2. The van der Waals surface area contributed by atoms with Crippen LogP contribution in [0.4, 0.5) is 0 Å². The summed E-state index contributed by atoms with van der Waals surface area (Å²) < 4.78 is 0. The molecule has 1 saturated carbocycles. The molecule has 0 aromatic heterocycles. The topological polar surface area (TPSA) is 46.2 Å². The van der Waals surface area contributed by atoms with Gasteiger partial charge >= 0.3 is 0 Å². The highest BCUT2D eigenvalue weighted by molar-refractivity contribution is 5.30. The van der Waals surface area contributed by atoms with Crippen LogP contribution >= 0.6 is 0 Å². The molecule has 152 valence electrons. The van der Waals surface area contributed by atoms with Crippen molar-refractivity contribution in [2.75, 3.05) is 0 Å². The molecule has 0 heterocycles. The van der Waals surface area contributed by atoms with E-state index in [1.807, 2.05) is 0 Å². The van der Waals surface area contributed by atoms with Crippen LogP contribution in [-0.2, 0) is 19.4 Å². The van der Waals surface area contributed by atoms with E-state index in [9.17, 15) is 5.11 Å². The van der Waals surface area contributed by atoms with E-state index in [1.54, 1.807) is 0 Å². The van der Waals surface area contributed by atoms with Crippen LogP contribution in [-0.4, -0.2) is 11.2 Å². The first-order valence-corrected chi connectivity index (χ1v) is 11.0. The summed E-state index contributed by atoms with van der Waals surface area (Å²) in [5.74, 6) is 1.40. The monoisotopic (exact) mass is 387 g/mol. The van der Waals surface area contributed by atoms with E-state index in [4.69, 9.17) is 5.73 Å². The van der Waals surface area contributed by atoms with Crippen LogP contribution in [0, 0.1) is 24.7 Å². The largest absolute Gasteiger partial charge is 0.392 e. The molecule has 2 heteroatoms. The molecule has 0 unspecified atom stereocenters. The van der Waals surface area contributed by atoms with Crippen LogP contribution < -0.4 is 5.73 Å². The highest BCUT2D eigenvalue weighted by Gasteiger charge is 2.43. The van der Waals surface area contributed by atoms with Gasteiger partial charge in [0.1, 0.15) is 0 Å². The van der Waals surface area contributed by atoms with Crippen LogP contribution in [0.25, 0.3) is 0 Å². The number of hydrogen-bond donors (Lipinski definition) is 2. The Morgan fingerprint density at radius 1 is 1.07 bits per heavy atom. The number of benzene rings is 2. The maximum atomic E-state index is 10.6. The Labute approximate surface area is 175 Å². The molecule has 2 aromatic carbocycles. The maximum absolute atomic E-state index is 10.6. The quantitative estimate of drug-likeness (QED) is 0.647. The molecule has 2 aliphatic rings. The van der Waals surface area contributed by atoms with Gasteiger partial charge in [-0.1, -0.05) is 77.9 Å². The molecule has 0 amide bonds. The number of rotatable bonds is 7. The molecule has 2 aliphatic carbocycles. The molecule has 3 N–H and O–H groups in total. The molecule has 0 aliphatic heterocycles. The Kier molecular flexibility index (Phi) is 6.32. The van der Waals surface area contributed by atoms with Crippen molar-refractivity contribution in [3.8, 4) is 0 Å². The Hall–Kier alpha value is -2.16. The van der Waals surface area contributed by atoms with Crippen LogP contribution in [0.1, 0.15) is 41.5 Å². The van der Waals surface area contributed by atoms with Gasteiger partial charge in [0.25, 0.3) is 0 Å². The lowest BCUT2D eigenvalue weighted by molar-refractivity contribution is 0.141. The number of fused-ring (bicyclic) bond motifs is 1. The Balaban J connectivity index is 1.32. The number of aryl methyl sites for hydroxylation is 2. The van der Waals surface area contributed by atoms with Crippen molar-refractivity contribution in [1.29, 1.82) is 0 Å². The zero-order chi connectivity index (χ0) is 20.2. The van der Waals surface area contributed by atoms with Gasteiger partial charge < -0.3 is 10.8 Å². The van der Waals surface area contributed by atoms with Crippen molar-refractivity contribution in [1.82, 2.24) is 0 Å². The second-order valence-corrected chi connectivity index (χ2v) is 8.89. The number of aliphatic hydroxyl groups is 1. The summed E-state index contributed by atoms with van der Waals surface area (Å²) in [5.41, 5.74) is 12.5. The molecule has 29 heavy (non-hydrogen) atoms. The lowest BCUT2D eigenvalue weighted by Crippen LogP contribution is -2.17. The highest BCUT2D eigenvalue weighted by atomic mass is 16.3. The van der Waals surface area contributed by atoms with Gasteiger partial charge in [-0.05, 0) is 67.6 Å². The average Bonchev–Trinajstić information content (AvgIpc) is 3.22. The third-order valence-electron chi connectivity index (χ3n) is 6.68.